The van der Waals surface area contributed by atoms with E-state index in [4.69, 9.17) is 16.9 Å². The smallest absolute Gasteiger partial charge is 0.241 e. The number of hydrogen-bond acceptors (Lipinski definition) is 6. The molecule has 1 fully saturated rings. The highest BCUT2D eigenvalue weighted by molar-refractivity contribution is 7.88. The number of nitrogens with one attached hydrogen (secondary N) is 3. The second-order valence-corrected chi connectivity index (χ2v) is 14.6. The number of guanidine groups is 1. The van der Waals surface area contributed by atoms with Gasteiger partial charge in [-0.2, -0.15) is 0 Å². The molecule has 1 saturated heterocycles. The van der Waals surface area contributed by atoms with Gasteiger partial charge in [0.15, 0.2) is 5.96 Å². The van der Waals surface area contributed by atoms with Crippen LogP contribution in [0.15, 0.2) is 84.9 Å². The van der Waals surface area contributed by atoms with Gasteiger partial charge in [-0.15, -0.1) is 0 Å². The van der Waals surface area contributed by atoms with Gasteiger partial charge in [0.05, 0.1) is 12.3 Å². The summed E-state index contributed by atoms with van der Waals surface area (Å²) < 4.78 is 27.5. The molecule has 1 heterocycles. The van der Waals surface area contributed by atoms with Crippen LogP contribution >= 0.6 is 0 Å². The fourth-order valence-electron chi connectivity index (χ4n) is 6.58. The van der Waals surface area contributed by atoms with Crippen LogP contribution < -0.4 is 21.5 Å². The van der Waals surface area contributed by atoms with Crippen molar-refractivity contribution in [1.29, 1.82) is 5.41 Å². The van der Waals surface area contributed by atoms with E-state index in [1.165, 1.54) is 0 Å². The van der Waals surface area contributed by atoms with Gasteiger partial charge in [-0.05, 0) is 65.3 Å². The second kappa shape index (κ2) is 15.1. The summed E-state index contributed by atoms with van der Waals surface area (Å²) in [6.07, 6.45) is 2.70. The summed E-state index contributed by atoms with van der Waals surface area (Å²) in [7, 11) is -3.72. The SMILES string of the molecule is C[C@@H]1CN(C(=O)[C@H](N)Cc2ccc3ccccc3c2)[C@@H](CCCNC(=N)N)CN1C(=O)[C@@H](Cc1ccc2ccccc2c1)NS(C)(=O)=O. The maximum absolute atomic E-state index is 14.2. The predicted octanol–water partition coefficient (Wildman–Crippen LogP) is 2.71. The van der Waals surface area contributed by atoms with Gasteiger partial charge < -0.3 is 26.6 Å². The first-order valence-electron chi connectivity index (χ1n) is 16.2. The molecule has 2 amide bonds. The van der Waals surface area contributed by atoms with Crippen LogP contribution in [0.3, 0.4) is 0 Å². The second-order valence-electron chi connectivity index (χ2n) is 12.8. The largest absolute Gasteiger partial charge is 0.370 e. The lowest BCUT2D eigenvalue weighted by molar-refractivity contribution is -0.148. The van der Waals surface area contributed by atoms with Gasteiger partial charge in [0, 0.05) is 31.7 Å². The van der Waals surface area contributed by atoms with Gasteiger partial charge in [-0.1, -0.05) is 84.9 Å². The average molecular weight is 672 g/mol. The van der Waals surface area contributed by atoms with Crippen molar-refractivity contribution in [3.05, 3.63) is 96.1 Å². The van der Waals surface area contributed by atoms with Gasteiger partial charge >= 0.3 is 0 Å². The van der Waals surface area contributed by atoms with Crippen LogP contribution in [0.4, 0.5) is 0 Å². The van der Waals surface area contributed by atoms with E-state index in [0.717, 1.165) is 38.9 Å². The Balaban J connectivity index is 1.35. The molecule has 0 unspecified atom stereocenters. The minimum absolute atomic E-state index is 0.141. The number of nitrogens with zero attached hydrogens (tertiary/aromatic N) is 2. The van der Waals surface area contributed by atoms with E-state index < -0.39 is 22.1 Å². The van der Waals surface area contributed by atoms with E-state index in [1.54, 1.807) is 9.80 Å². The zero-order chi connectivity index (χ0) is 34.4. The number of carbonyl (C=O) groups is 2. The van der Waals surface area contributed by atoms with Crippen molar-refractivity contribution < 1.29 is 18.0 Å². The molecule has 0 aromatic heterocycles. The highest BCUT2D eigenvalue weighted by Crippen LogP contribution is 2.24. The molecule has 0 bridgehead atoms. The molecule has 0 spiro atoms. The van der Waals surface area contributed by atoms with E-state index in [-0.39, 0.29) is 49.4 Å². The summed E-state index contributed by atoms with van der Waals surface area (Å²) in [5.41, 5.74) is 13.8. The Morgan fingerprint density at radius 2 is 1.42 bits per heavy atom. The minimum atomic E-state index is -3.72. The molecular weight excluding hydrogens is 627 g/mol. The van der Waals surface area contributed by atoms with Gasteiger partial charge in [0.1, 0.15) is 6.04 Å². The molecule has 5 rings (SSSR count). The van der Waals surface area contributed by atoms with Crippen LogP contribution in [0.2, 0.25) is 0 Å². The van der Waals surface area contributed by atoms with Crippen molar-refractivity contribution in [2.24, 2.45) is 11.5 Å². The molecule has 12 heteroatoms. The van der Waals surface area contributed by atoms with Crippen LogP contribution in [0, 0.1) is 5.41 Å². The fourth-order valence-corrected chi connectivity index (χ4v) is 7.28. The van der Waals surface area contributed by atoms with E-state index in [0.29, 0.717) is 25.8 Å². The Morgan fingerprint density at radius 3 is 1.98 bits per heavy atom. The molecule has 11 nitrogen and oxygen atoms in total. The summed E-state index contributed by atoms with van der Waals surface area (Å²) >= 11 is 0. The standard InChI is InChI=1S/C36H45N7O4S/c1-24-22-43(34(44)32(37)20-25-13-15-27-8-3-5-10-29(27)18-25)31(12-7-17-40-36(38)39)23-42(24)35(45)33(41-48(2,46)47)21-26-14-16-28-9-4-6-11-30(28)19-26/h3-6,8-11,13-16,18-19,24,31-33,41H,7,12,17,20-23,37H2,1-2H3,(H4,38,39,40)/t24-,31+,32-,33-/m1/s1. The third-order valence-corrected chi connectivity index (χ3v) is 9.64. The van der Waals surface area contributed by atoms with Gasteiger partial charge in [0.2, 0.25) is 21.8 Å². The molecule has 1 aliphatic rings. The molecule has 0 radical (unpaired) electrons. The molecule has 4 atom stereocenters. The maximum Gasteiger partial charge on any atom is 0.241 e. The monoisotopic (exact) mass is 671 g/mol. The lowest BCUT2D eigenvalue weighted by Crippen LogP contribution is -2.65. The highest BCUT2D eigenvalue weighted by atomic mass is 32.2. The lowest BCUT2D eigenvalue weighted by Gasteiger charge is -2.47. The van der Waals surface area contributed by atoms with Gasteiger partial charge in [-0.25, -0.2) is 13.1 Å². The first-order chi connectivity index (χ1) is 22.9. The first-order valence-corrected chi connectivity index (χ1v) is 18.1. The number of amides is 2. The first kappa shape index (κ1) is 34.8. The number of nitrogens with two attached hydrogens (primary N) is 2. The Bertz CT molecular complexity index is 1900. The Morgan fingerprint density at radius 1 is 0.854 bits per heavy atom. The summed E-state index contributed by atoms with van der Waals surface area (Å²) in [5, 5.41) is 14.5. The molecule has 0 aliphatic carbocycles. The number of fused-ring (bicyclic) bond motifs is 2. The van der Waals surface area contributed by atoms with Crippen LogP contribution in [-0.2, 0) is 32.5 Å². The van der Waals surface area contributed by atoms with E-state index >= 15 is 0 Å². The van der Waals surface area contributed by atoms with Crippen molar-refractivity contribution >= 4 is 49.3 Å². The van der Waals surface area contributed by atoms with Crippen LogP contribution in [0.5, 0.6) is 0 Å². The van der Waals surface area contributed by atoms with Crippen molar-refractivity contribution in [2.75, 3.05) is 25.9 Å². The molecule has 4 aromatic carbocycles. The molecule has 254 valence electrons. The van der Waals surface area contributed by atoms with Crippen molar-refractivity contribution in [2.45, 2.75) is 56.8 Å². The number of hydrogen-bond donors (Lipinski definition) is 5. The normalized spacial score (nSPS) is 18.1. The molecular formula is C36H45N7O4S. The topological polar surface area (TPSA) is 175 Å². The highest BCUT2D eigenvalue weighted by Gasteiger charge is 2.40. The van der Waals surface area contributed by atoms with Crippen molar-refractivity contribution in [3.8, 4) is 0 Å². The molecule has 7 N–H and O–H groups in total. The molecule has 48 heavy (non-hydrogen) atoms. The van der Waals surface area contributed by atoms with Crippen molar-refractivity contribution in [1.82, 2.24) is 19.8 Å². The van der Waals surface area contributed by atoms with E-state index in [2.05, 4.69) is 16.1 Å². The van der Waals surface area contributed by atoms with Crippen LogP contribution in [0.25, 0.3) is 21.5 Å². The average Bonchev–Trinajstić information content (AvgIpc) is 3.05. The summed E-state index contributed by atoms with van der Waals surface area (Å²) in [4.78, 5) is 31.6. The van der Waals surface area contributed by atoms with Crippen molar-refractivity contribution in [3.63, 3.8) is 0 Å². The van der Waals surface area contributed by atoms with Crippen LogP contribution in [-0.4, -0.2) is 86.0 Å². The number of benzene rings is 4. The number of piperazine rings is 1. The Labute approximate surface area is 282 Å². The lowest BCUT2D eigenvalue weighted by atomic mass is 9.96. The maximum atomic E-state index is 14.2. The molecule has 0 saturated carbocycles. The van der Waals surface area contributed by atoms with Gasteiger partial charge in [-0.3, -0.25) is 15.0 Å². The fraction of sp³-hybridized carbons (Fsp3) is 0.361. The van der Waals surface area contributed by atoms with Crippen LogP contribution in [0.1, 0.15) is 30.9 Å². The zero-order valence-corrected chi connectivity index (χ0v) is 28.2. The molecule has 1 aliphatic heterocycles. The van der Waals surface area contributed by atoms with E-state index in [9.17, 15) is 18.0 Å². The number of rotatable bonds is 12. The summed E-state index contributed by atoms with van der Waals surface area (Å²) in [6.45, 7) is 2.77. The predicted molar refractivity (Wildman–Crippen MR) is 191 cm³/mol. The van der Waals surface area contributed by atoms with Gasteiger partial charge in [0.25, 0.3) is 0 Å². The summed E-state index contributed by atoms with van der Waals surface area (Å²) in [6, 6.07) is 25.2. The zero-order valence-electron chi connectivity index (χ0n) is 27.4. The Kier molecular flexibility index (Phi) is 11.0. The third-order valence-electron chi connectivity index (χ3n) is 8.93. The number of carbonyl (C=O) groups excluding carboxylic acids is 2. The summed E-state index contributed by atoms with van der Waals surface area (Å²) in [5.74, 6) is -0.688. The number of sulfonamides is 1. The third kappa shape index (κ3) is 8.88. The van der Waals surface area contributed by atoms with E-state index in [1.807, 2.05) is 85.8 Å². The quantitative estimate of drug-likeness (QED) is 0.0875. The Hall–Kier alpha value is -4.52. The minimum Gasteiger partial charge on any atom is -0.370 e. The molecule has 4 aromatic rings.